The van der Waals surface area contributed by atoms with Gasteiger partial charge in [0.1, 0.15) is 5.82 Å². The summed E-state index contributed by atoms with van der Waals surface area (Å²) in [6.07, 6.45) is 5.59. The highest BCUT2D eigenvalue weighted by molar-refractivity contribution is 9.10. The van der Waals surface area contributed by atoms with Crippen LogP contribution in [0.3, 0.4) is 0 Å². The molecule has 1 fully saturated rings. The van der Waals surface area contributed by atoms with Crippen LogP contribution in [0.1, 0.15) is 19.3 Å². The molecule has 1 aromatic rings. The topological polar surface area (TPSA) is 16.1 Å². The van der Waals surface area contributed by atoms with Gasteiger partial charge in [-0.05, 0) is 47.3 Å². The molecule has 2 rings (SSSR count). The van der Waals surface area contributed by atoms with E-state index in [1.165, 1.54) is 19.3 Å². The Labute approximate surface area is 107 Å². The average molecular weight is 334 g/mol. The van der Waals surface area contributed by atoms with E-state index in [0.717, 1.165) is 23.4 Å². The van der Waals surface area contributed by atoms with Crippen molar-refractivity contribution in [1.82, 2.24) is 4.98 Å². The van der Waals surface area contributed by atoms with Gasteiger partial charge < -0.3 is 4.90 Å². The fraction of sp³-hybridized carbons (Fsp3) is 0.545. The fourth-order valence-corrected chi connectivity index (χ4v) is 2.60. The molecule has 82 valence electrons. The molecule has 0 aromatic carbocycles. The predicted molar refractivity (Wildman–Crippen MR) is 70.7 cm³/mol. The minimum atomic E-state index is 0.679. The summed E-state index contributed by atoms with van der Waals surface area (Å²) in [4.78, 5) is 7.48. The first kappa shape index (κ1) is 11.4. The van der Waals surface area contributed by atoms with Crippen LogP contribution in [0.4, 0.5) is 5.82 Å². The van der Waals surface area contributed by atoms with Crippen molar-refractivity contribution in [1.29, 1.82) is 0 Å². The molecule has 4 heteroatoms. The third kappa shape index (κ3) is 3.18. The smallest absolute Gasteiger partial charge is 0.128 e. The first-order chi connectivity index (χ1) is 7.25. The molecule has 0 amide bonds. The first-order valence-corrected chi connectivity index (χ1v) is 6.97. The molecule has 1 saturated heterocycles. The van der Waals surface area contributed by atoms with E-state index in [-0.39, 0.29) is 0 Å². The number of alkyl halides is 1. The molecule has 0 aliphatic carbocycles. The number of halogens is 2. The summed E-state index contributed by atoms with van der Waals surface area (Å²) in [5.41, 5.74) is 0. The van der Waals surface area contributed by atoms with E-state index in [0.29, 0.717) is 4.83 Å². The molecule has 2 nitrogen and oxygen atoms in total. The lowest BCUT2D eigenvalue weighted by molar-refractivity contribution is 0.753. The monoisotopic (exact) mass is 332 g/mol. The van der Waals surface area contributed by atoms with Crippen LogP contribution in [-0.4, -0.2) is 22.9 Å². The van der Waals surface area contributed by atoms with E-state index < -0.39 is 0 Å². The summed E-state index contributed by atoms with van der Waals surface area (Å²) >= 11 is 7.10. The van der Waals surface area contributed by atoms with E-state index >= 15 is 0 Å². The molecule has 1 aromatic heterocycles. The molecule has 15 heavy (non-hydrogen) atoms. The number of hydrogen-bond donors (Lipinski definition) is 0. The van der Waals surface area contributed by atoms with E-state index in [9.17, 15) is 0 Å². The number of pyridine rings is 1. The van der Waals surface area contributed by atoms with Gasteiger partial charge in [0, 0.05) is 28.6 Å². The van der Waals surface area contributed by atoms with Gasteiger partial charge in [0.2, 0.25) is 0 Å². The molecule has 0 saturated carbocycles. The molecule has 1 atom stereocenters. The van der Waals surface area contributed by atoms with Crippen LogP contribution in [0, 0.1) is 0 Å². The second-order valence-electron chi connectivity index (χ2n) is 3.85. The van der Waals surface area contributed by atoms with Crippen molar-refractivity contribution in [3.8, 4) is 0 Å². The Morgan fingerprint density at radius 2 is 2.13 bits per heavy atom. The van der Waals surface area contributed by atoms with Gasteiger partial charge >= 0.3 is 0 Å². The molecule has 0 N–H and O–H groups in total. The second-order valence-corrected chi connectivity index (χ2v) is 6.06. The Morgan fingerprint density at radius 3 is 2.87 bits per heavy atom. The van der Waals surface area contributed by atoms with Crippen LogP contribution in [0.2, 0.25) is 0 Å². The van der Waals surface area contributed by atoms with Crippen LogP contribution in [0.15, 0.2) is 22.8 Å². The van der Waals surface area contributed by atoms with Gasteiger partial charge in [-0.25, -0.2) is 4.98 Å². The van der Waals surface area contributed by atoms with E-state index in [1.807, 2.05) is 6.20 Å². The highest BCUT2D eigenvalue weighted by atomic mass is 79.9. The standard InChI is InChI=1S/C11H14Br2N2/c12-9-2-1-6-15(7-5-9)11-4-3-10(13)8-14-11/h3-4,8-9H,1-2,5-7H2. The number of hydrogen-bond acceptors (Lipinski definition) is 2. The summed E-state index contributed by atoms with van der Waals surface area (Å²) in [6, 6.07) is 4.14. The normalized spacial score (nSPS) is 22.5. The lowest BCUT2D eigenvalue weighted by Gasteiger charge is -2.21. The maximum absolute atomic E-state index is 4.43. The Hall–Kier alpha value is -0.0900. The van der Waals surface area contributed by atoms with Crippen LogP contribution >= 0.6 is 31.9 Å². The number of aromatic nitrogens is 1. The molecule has 2 heterocycles. The molecule has 1 unspecified atom stereocenters. The quantitative estimate of drug-likeness (QED) is 0.730. The third-order valence-electron chi connectivity index (χ3n) is 2.69. The van der Waals surface area contributed by atoms with Gasteiger partial charge in [-0.15, -0.1) is 0 Å². The van der Waals surface area contributed by atoms with Crippen molar-refractivity contribution in [3.05, 3.63) is 22.8 Å². The maximum atomic E-state index is 4.43. The molecular formula is C11H14Br2N2. The van der Waals surface area contributed by atoms with Gasteiger partial charge in [0.05, 0.1) is 0 Å². The maximum Gasteiger partial charge on any atom is 0.128 e. The highest BCUT2D eigenvalue weighted by Gasteiger charge is 2.15. The Kier molecular flexibility index (Phi) is 4.03. The van der Waals surface area contributed by atoms with Crippen molar-refractivity contribution in [2.75, 3.05) is 18.0 Å². The fourth-order valence-electron chi connectivity index (χ4n) is 1.84. The highest BCUT2D eigenvalue weighted by Crippen LogP contribution is 2.22. The van der Waals surface area contributed by atoms with Crippen molar-refractivity contribution in [2.24, 2.45) is 0 Å². The first-order valence-electron chi connectivity index (χ1n) is 5.26. The minimum absolute atomic E-state index is 0.679. The molecular weight excluding hydrogens is 320 g/mol. The van der Waals surface area contributed by atoms with Gasteiger partial charge in [-0.3, -0.25) is 0 Å². The van der Waals surface area contributed by atoms with Crippen LogP contribution < -0.4 is 4.90 Å². The number of rotatable bonds is 1. The van der Waals surface area contributed by atoms with Crippen molar-refractivity contribution in [2.45, 2.75) is 24.1 Å². The molecule has 0 bridgehead atoms. The Bertz CT molecular complexity index is 313. The molecule has 0 spiro atoms. The Balaban J connectivity index is 2.06. The van der Waals surface area contributed by atoms with Crippen molar-refractivity contribution >= 4 is 37.7 Å². The zero-order valence-corrected chi connectivity index (χ0v) is 11.7. The molecule has 1 aliphatic rings. The third-order valence-corrected chi connectivity index (χ3v) is 4.08. The zero-order valence-electron chi connectivity index (χ0n) is 8.50. The van der Waals surface area contributed by atoms with Crippen molar-refractivity contribution in [3.63, 3.8) is 0 Å². The SMILES string of the molecule is Brc1ccc(N2CCCC(Br)CC2)nc1. The number of anilines is 1. The predicted octanol–water partition coefficient (Wildman–Crippen LogP) is 3.60. The lowest BCUT2D eigenvalue weighted by atomic mass is 10.2. The average Bonchev–Trinajstić information content (AvgIpc) is 2.44. The van der Waals surface area contributed by atoms with Crippen LogP contribution in [0.5, 0.6) is 0 Å². The summed E-state index contributed by atoms with van der Waals surface area (Å²) in [7, 11) is 0. The van der Waals surface area contributed by atoms with Crippen LogP contribution in [0.25, 0.3) is 0 Å². The second kappa shape index (κ2) is 5.30. The van der Waals surface area contributed by atoms with E-state index in [4.69, 9.17) is 0 Å². The summed E-state index contributed by atoms with van der Waals surface area (Å²) in [5.74, 6) is 1.10. The lowest BCUT2D eigenvalue weighted by Crippen LogP contribution is -2.25. The number of nitrogens with zero attached hydrogens (tertiary/aromatic N) is 2. The van der Waals surface area contributed by atoms with Gasteiger partial charge in [-0.1, -0.05) is 15.9 Å². The molecule has 0 radical (unpaired) electrons. The Morgan fingerprint density at radius 1 is 1.27 bits per heavy atom. The van der Waals surface area contributed by atoms with E-state index in [1.54, 1.807) is 0 Å². The largest absolute Gasteiger partial charge is 0.357 e. The van der Waals surface area contributed by atoms with Gasteiger partial charge in [0.25, 0.3) is 0 Å². The van der Waals surface area contributed by atoms with E-state index in [2.05, 4.69) is 53.9 Å². The minimum Gasteiger partial charge on any atom is -0.357 e. The zero-order chi connectivity index (χ0) is 10.7. The van der Waals surface area contributed by atoms with Gasteiger partial charge in [0.15, 0.2) is 0 Å². The summed E-state index contributed by atoms with van der Waals surface area (Å²) < 4.78 is 1.04. The summed E-state index contributed by atoms with van der Waals surface area (Å²) in [6.45, 7) is 2.22. The van der Waals surface area contributed by atoms with Gasteiger partial charge in [-0.2, -0.15) is 0 Å². The molecule has 1 aliphatic heterocycles. The van der Waals surface area contributed by atoms with Crippen molar-refractivity contribution < 1.29 is 0 Å². The van der Waals surface area contributed by atoms with Crippen LogP contribution in [-0.2, 0) is 0 Å². The summed E-state index contributed by atoms with van der Waals surface area (Å²) in [5, 5.41) is 0.